The molecule has 0 saturated carbocycles. The second kappa shape index (κ2) is 7.78. The van der Waals surface area contributed by atoms with Gasteiger partial charge in [-0.3, -0.25) is 9.59 Å². The van der Waals surface area contributed by atoms with Crippen LogP contribution >= 0.6 is 0 Å². The van der Waals surface area contributed by atoms with E-state index in [-0.39, 0.29) is 23.3 Å². The maximum atomic E-state index is 13.1. The summed E-state index contributed by atoms with van der Waals surface area (Å²) in [6, 6.07) is 9.85. The Morgan fingerprint density at radius 2 is 1.79 bits per heavy atom. The Morgan fingerprint density at radius 3 is 2.36 bits per heavy atom. The molecular formula is C22H30N4O2. The summed E-state index contributed by atoms with van der Waals surface area (Å²) in [4.78, 5) is 27.0. The van der Waals surface area contributed by atoms with E-state index >= 15 is 0 Å². The maximum Gasteiger partial charge on any atom is 0.257 e. The summed E-state index contributed by atoms with van der Waals surface area (Å²) in [6.07, 6.45) is 2.17. The number of carbonyl (C=O) groups excluding carboxylic acids is 2. The summed E-state index contributed by atoms with van der Waals surface area (Å²) >= 11 is 0. The molecule has 1 aliphatic heterocycles. The van der Waals surface area contributed by atoms with Crippen LogP contribution in [0, 0.1) is 5.92 Å². The molecule has 3 rings (SSSR count). The van der Waals surface area contributed by atoms with Gasteiger partial charge in [-0.2, -0.15) is 5.10 Å². The molecule has 1 fully saturated rings. The normalized spacial score (nSPS) is 15.6. The summed E-state index contributed by atoms with van der Waals surface area (Å²) in [7, 11) is 0. The number of likely N-dealkylation sites (tertiary alicyclic amines) is 1. The number of hydrogen-bond donors (Lipinski definition) is 1. The zero-order valence-corrected chi connectivity index (χ0v) is 17.4. The van der Waals surface area contributed by atoms with Crippen molar-refractivity contribution >= 4 is 11.8 Å². The molecule has 1 aromatic heterocycles. The highest BCUT2D eigenvalue weighted by molar-refractivity contribution is 5.96. The van der Waals surface area contributed by atoms with E-state index in [4.69, 9.17) is 0 Å². The van der Waals surface area contributed by atoms with Gasteiger partial charge >= 0.3 is 0 Å². The Balaban J connectivity index is 1.74. The average Bonchev–Trinajstić information content (AvgIpc) is 3.04. The van der Waals surface area contributed by atoms with Crippen LogP contribution in [0.1, 0.15) is 63.0 Å². The zero-order valence-electron chi connectivity index (χ0n) is 17.4. The molecule has 0 unspecified atom stereocenters. The summed E-state index contributed by atoms with van der Waals surface area (Å²) in [6.45, 7) is 11.2. The number of rotatable bonds is 6. The SMILES string of the molecule is CC(C)CC(=O)NC1(C)CN(C(=O)c2cnn(-c3ccccc3)c2C(C)C)C1. The molecule has 0 aliphatic carbocycles. The second-order valence-electron chi connectivity index (χ2n) is 8.71. The van der Waals surface area contributed by atoms with E-state index in [1.165, 1.54) is 0 Å². The monoisotopic (exact) mass is 382 g/mol. The van der Waals surface area contributed by atoms with Crippen LogP contribution in [-0.4, -0.2) is 45.1 Å². The van der Waals surface area contributed by atoms with Gasteiger partial charge in [0.25, 0.3) is 5.91 Å². The minimum atomic E-state index is -0.352. The third kappa shape index (κ3) is 4.11. The van der Waals surface area contributed by atoms with Gasteiger partial charge in [-0.15, -0.1) is 0 Å². The first-order valence-electron chi connectivity index (χ1n) is 9.94. The van der Waals surface area contributed by atoms with Gasteiger partial charge in [-0.05, 0) is 30.9 Å². The van der Waals surface area contributed by atoms with Gasteiger partial charge in [0, 0.05) is 19.5 Å². The highest BCUT2D eigenvalue weighted by Crippen LogP contribution is 2.28. The lowest BCUT2D eigenvalue weighted by atomic mass is 9.90. The molecule has 6 heteroatoms. The Hall–Kier alpha value is -2.63. The van der Waals surface area contributed by atoms with E-state index in [1.54, 1.807) is 11.1 Å². The molecule has 1 aromatic carbocycles. The fourth-order valence-electron chi connectivity index (χ4n) is 3.80. The Bertz CT molecular complexity index is 849. The van der Waals surface area contributed by atoms with Crippen molar-refractivity contribution in [3.8, 4) is 5.69 Å². The first-order chi connectivity index (χ1) is 13.2. The lowest BCUT2D eigenvalue weighted by Crippen LogP contribution is -2.69. The van der Waals surface area contributed by atoms with Crippen molar-refractivity contribution < 1.29 is 9.59 Å². The number of benzene rings is 1. The highest BCUT2D eigenvalue weighted by Gasteiger charge is 2.43. The Kier molecular flexibility index (Phi) is 5.59. The van der Waals surface area contributed by atoms with Crippen LogP contribution in [0.2, 0.25) is 0 Å². The van der Waals surface area contributed by atoms with Gasteiger partial charge < -0.3 is 10.2 Å². The van der Waals surface area contributed by atoms with Crippen molar-refractivity contribution in [1.29, 1.82) is 0 Å². The maximum absolute atomic E-state index is 13.1. The molecule has 1 N–H and O–H groups in total. The zero-order chi connectivity index (χ0) is 20.5. The third-order valence-corrected chi connectivity index (χ3v) is 4.99. The van der Waals surface area contributed by atoms with Crippen molar-refractivity contribution in [2.75, 3.05) is 13.1 Å². The molecule has 0 atom stereocenters. The van der Waals surface area contributed by atoms with Crippen LogP contribution in [-0.2, 0) is 4.79 Å². The van der Waals surface area contributed by atoms with E-state index in [0.717, 1.165) is 11.4 Å². The molecule has 1 aliphatic rings. The first kappa shape index (κ1) is 20.1. The minimum absolute atomic E-state index is 0.0264. The summed E-state index contributed by atoms with van der Waals surface area (Å²) in [5.41, 5.74) is 2.14. The van der Waals surface area contributed by atoms with Gasteiger partial charge in [-0.1, -0.05) is 45.9 Å². The van der Waals surface area contributed by atoms with E-state index < -0.39 is 0 Å². The van der Waals surface area contributed by atoms with E-state index in [0.29, 0.717) is 31.0 Å². The molecule has 150 valence electrons. The van der Waals surface area contributed by atoms with Crippen LogP contribution in [0.5, 0.6) is 0 Å². The number of carbonyl (C=O) groups is 2. The van der Waals surface area contributed by atoms with Gasteiger partial charge in [0.05, 0.1) is 28.7 Å². The smallest absolute Gasteiger partial charge is 0.257 e. The lowest BCUT2D eigenvalue weighted by Gasteiger charge is -2.48. The number of nitrogens with zero attached hydrogens (tertiary/aromatic N) is 3. The standard InChI is InChI=1S/C22H30N4O2/c1-15(2)11-19(27)24-22(5)13-25(14-22)21(28)18-12-23-26(20(18)16(3)4)17-9-7-6-8-10-17/h6-10,12,15-16H,11,13-14H2,1-5H3,(H,24,27). The van der Waals surface area contributed by atoms with Crippen molar-refractivity contribution in [2.45, 2.75) is 52.5 Å². The fourth-order valence-corrected chi connectivity index (χ4v) is 3.80. The molecule has 0 spiro atoms. The summed E-state index contributed by atoms with van der Waals surface area (Å²) < 4.78 is 1.85. The summed E-state index contributed by atoms with van der Waals surface area (Å²) in [5.74, 6) is 0.490. The van der Waals surface area contributed by atoms with Crippen LogP contribution in [0.25, 0.3) is 5.69 Å². The second-order valence-corrected chi connectivity index (χ2v) is 8.71. The van der Waals surface area contributed by atoms with Gasteiger partial charge in [0.1, 0.15) is 0 Å². The largest absolute Gasteiger partial charge is 0.347 e. The van der Waals surface area contributed by atoms with Crippen molar-refractivity contribution in [3.05, 3.63) is 47.8 Å². The number of para-hydroxylation sites is 1. The van der Waals surface area contributed by atoms with Gasteiger partial charge in [0.15, 0.2) is 0 Å². The van der Waals surface area contributed by atoms with Crippen LogP contribution in [0.3, 0.4) is 0 Å². The van der Waals surface area contributed by atoms with Crippen LogP contribution < -0.4 is 5.32 Å². The number of aromatic nitrogens is 2. The topological polar surface area (TPSA) is 67.2 Å². The molecule has 2 heterocycles. The number of amides is 2. The lowest BCUT2D eigenvalue weighted by molar-refractivity contribution is -0.125. The third-order valence-electron chi connectivity index (χ3n) is 4.99. The first-order valence-corrected chi connectivity index (χ1v) is 9.94. The van der Waals surface area contributed by atoms with Gasteiger partial charge in [-0.25, -0.2) is 4.68 Å². The highest BCUT2D eigenvalue weighted by atomic mass is 16.2. The number of hydrogen-bond acceptors (Lipinski definition) is 3. The van der Waals surface area contributed by atoms with E-state index in [9.17, 15) is 9.59 Å². The molecular weight excluding hydrogens is 352 g/mol. The molecule has 6 nitrogen and oxygen atoms in total. The quantitative estimate of drug-likeness (QED) is 0.833. The predicted molar refractivity (Wildman–Crippen MR) is 110 cm³/mol. The van der Waals surface area contributed by atoms with Crippen molar-refractivity contribution in [2.24, 2.45) is 5.92 Å². The average molecular weight is 383 g/mol. The van der Waals surface area contributed by atoms with E-state index in [1.807, 2.05) is 55.8 Å². The van der Waals surface area contributed by atoms with Gasteiger partial charge in [0.2, 0.25) is 5.91 Å². The van der Waals surface area contributed by atoms with Crippen LogP contribution in [0.15, 0.2) is 36.5 Å². The molecule has 28 heavy (non-hydrogen) atoms. The molecule has 1 saturated heterocycles. The van der Waals surface area contributed by atoms with Crippen LogP contribution in [0.4, 0.5) is 0 Å². The minimum Gasteiger partial charge on any atom is -0.347 e. The number of nitrogens with one attached hydrogen (secondary N) is 1. The Labute approximate surface area is 166 Å². The molecule has 2 amide bonds. The predicted octanol–water partition coefficient (Wildman–Crippen LogP) is 3.37. The molecule has 0 bridgehead atoms. The molecule has 2 aromatic rings. The molecule has 0 radical (unpaired) electrons. The van der Waals surface area contributed by atoms with Crippen molar-refractivity contribution in [1.82, 2.24) is 20.0 Å². The summed E-state index contributed by atoms with van der Waals surface area (Å²) in [5, 5.41) is 7.56. The fraction of sp³-hybridized carbons (Fsp3) is 0.500. The van der Waals surface area contributed by atoms with E-state index in [2.05, 4.69) is 24.3 Å². The van der Waals surface area contributed by atoms with Crippen molar-refractivity contribution in [3.63, 3.8) is 0 Å². The Morgan fingerprint density at radius 1 is 1.14 bits per heavy atom.